The van der Waals surface area contributed by atoms with Crippen molar-refractivity contribution in [3.63, 3.8) is 0 Å². The van der Waals surface area contributed by atoms with Gasteiger partial charge in [-0.15, -0.1) is 0 Å². The first-order valence-electron chi connectivity index (χ1n) is 4.82. The lowest BCUT2D eigenvalue weighted by Gasteiger charge is -2.35. The zero-order chi connectivity index (χ0) is 11.4. The number of rotatable bonds is 4. The van der Waals surface area contributed by atoms with Gasteiger partial charge in [0.15, 0.2) is 0 Å². The Hall–Kier alpha value is 0.580. The lowest BCUT2D eigenvalue weighted by atomic mass is 9.80. The maximum atomic E-state index is 12.0. The molecule has 1 nitrogen and oxygen atoms in total. The minimum Gasteiger partial charge on any atom is -0.381 e. The first-order valence-corrected chi connectivity index (χ1v) is 6.93. The highest BCUT2D eigenvalue weighted by molar-refractivity contribution is 9.09. The van der Waals surface area contributed by atoms with Crippen molar-refractivity contribution < 1.29 is 17.9 Å². The van der Waals surface area contributed by atoms with Gasteiger partial charge in [-0.05, 0) is 24.7 Å². The van der Waals surface area contributed by atoms with E-state index in [1.807, 2.05) is 0 Å². The van der Waals surface area contributed by atoms with Gasteiger partial charge in [0.05, 0.1) is 0 Å². The van der Waals surface area contributed by atoms with Crippen molar-refractivity contribution in [2.24, 2.45) is 5.41 Å². The van der Waals surface area contributed by atoms with Gasteiger partial charge in [-0.3, -0.25) is 0 Å². The molecular formula is C9H14BrF3OS. The summed E-state index contributed by atoms with van der Waals surface area (Å²) in [5.41, 5.74) is -4.09. The number of hydrogen-bond acceptors (Lipinski definition) is 2. The van der Waals surface area contributed by atoms with Crippen molar-refractivity contribution in [1.82, 2.24) is 0 Å². The zero-order valence-corrected chi connectivity index (χ0v) is 10.7. The van der Waals surface area contributed by atoms with Crippen LogP contribution in [0.2, 0.25) is 0 Å². The van der Waals surface area contributed by atoms with Gasteiger partial charge in [-0.1, -0.05) is 27.7 Å². The highest BCUT2D eigenvalue weighted by Crippen LogP contribution is 2.39. The molecule has 0 aromatic rings. The highest BCUT2D eigenvalue weighted by Gasteiger charge is 2.34. The predicted octanol–water partition coefficient (Wildman–Crippen LogP) is 3.82. The lowest BCUT2D eigenvalue weighted by Crippen LogP contribution is -2.32. The largest absolute Gasteiger partial charge is 0.441 e. The van der Waals surface area contributed by atoms with Gasteiger partial charge in [-0.2, -0.15) is 13.2 Å². The molecule has 0 N–H and O–H groups in total. The summed E-state index contributed by atoms with van der Waals surface area (Å²) in [5.74, 6) is 0.148. The fourth-order valence-corrected chi connectivity index (χ4v) is 3.25. The van der Waals surface area contributed by atoms with Crippen molar-refractivity contribution in [2.75, 3.05) is 24.3 Å². The molecule has 0 spiro atoms. The van der Waals surface area contributed by atoms with Crippen LogP contribution in [-0.4, -0.2) is 29.8 Å². The Balaban J connectivity index is 2.33. The third-order valence-electron chi connectivity index (χ3n) is 2.74. The molecule has 1 aliphatic rings. The van der Waals surface area contributed by atoms with Crippen molar-refractivity contribution in [1.29, 1.82) is 0 Å². The Bertz CT molecular complexity index is 192. The van der Waals surface area contributed by atoms with E-state index in [1.165, 1.54) is 0 Å². The summed E-state index contributed by atoms with van der Waals surface area (Å²) < 4.78 is 41.1. The molecule has 90 valence electrons. The minimum atomic E-state index is -4.10. The monoisotopic (exact) mass is 306 g/mol. The number of halogens is 4. The number of ether oxygens (including phenoxy) is 1. The van der Waals surface area contributed by atoms with Crippen LogP contribution in [0.25, 0.3) is 0 Å². The molecule has 0 amide bonds. The van der Waals surface area contributed by atoms with Crippen molar-refractivity contribution >= 4 is 27.7 Å². The molecule has 1 aliphatic heterocycles. The molecule has 0 aromatic heterocycles. The van der Waals surface area contributed by atoms with Gasteiger partial charge in [-0.25, -0.2) is 0 Å². The third-order valence-corrected chi connectivity index (χ3v) is 4.66. The molecule has 1 rings (SSSR count). The molecule has 1 fully saturated rings. The normalized spacial score (nSPS) is 21.6. The van der Waals surface area contributed by atoms with Crippen molar-refractivity contribution in [3.8, 4) is 0 Å². The van der Waals surface area contributed by atoms with Crippen LogP contribution in [-0.2, 0) is 4.74 Å². The topological polar surface area (TPSA) is 9.23 Å². The van der Waals surface area contributed by atoms with Crippen LogP contribution in [0.15, 0.2) is 0 Å². The van der Waals surface area contributed by atoms with Crippen molar-refractivity contribution in [3.05, 3.63) is 0 Å². The van der Waals surface area contributed by atoms with Crippen LogP contribution in [0.1, 0.15) is 19.3 Å². The van der Waals surface area contributed by atoms with Gasteiger partial charge in [0.25, 0.3) is 0 Å². The molecule has 1 heterocycles. The van der Waals surface area contributed by atoms with E-state index in [2.05, 4.69) is 15.9 Å². The van der Waals surface area contributed by atoms with Crippen LogP contribution in [0, 0.1) is 5.41 Å². The van der Waals surface area contributed by atoms with Crippen LogP contribution in [0.4, 0.5) is 13.2 Å². The third kappa shape index (κ3) is 4.95. The quantitative estimate of drug-likeness (QED) is 0.730. The average molecular weight is 307 g/mol. The molecule has 0 unspecified atom stereocenters. The van der Waals surface area contributed by atoms with Gasteiger partial charge in [0.2, 0.25) is 0 Å². The Morgan fingerprint density at radius 3 is 2.33 bits per heavy atom. The van der Waals surface area contributed by atoms with Crippen LogP contribution in [0.3, 0.4) is 0 Å². The maximum absolute atomic E-state index is 12.0. The number of hydrogen-bond donors (Lipinski definition) is 0. The second kappa shape index (κ2) is 5.77. The summed E-state index contributed by atoms with van der Waals surface area (Å²) in [6.45, 7) is 1.34. The first kappa shape index (κ1) is 13.6. The van der Waals surface area contributed by atoms with E-state index >= 15 is 0 Å². The molecule has 0 atom stereocenters. The van der Waals surface area contributed by atoms with E-state index in [4.69, 9.17) is 4.74 Å². The van der Waals surface area contributed by atoms with Crippen LogP contribution in [0.5, 0.6) is 0 Å². The molecule has 0 radical (unpaired) electrons. The SMILES string of the molecule is FC(F)(F)SCCC1(CBr)CCOCC1. The van der Waals surface area contributed by atoms with Gasteiger partial charge in [0, 0.05) is 24.3 Å². The van der Waals surface area contributed by atoms with E-state index in [9.17, 15) is 13.2 Å². The van der Waals surface area contributed by atoms with E-state index < -0.39 is 5.51 Å². The molecule has 0 bridgehead atoms. The Kier molecular flexibility index (Phi) is 5.25. The van der Waals surface area contributed by atoms with Gasteiger partial charge in [0.1, 0.15) is 0 Å². The summed E-state index contributed by atoms with van der Waals surface area (Å²) >= 11 is 3.48. The Labute approximate surface area is 100 Å². The van der Waals surface area contributed by atoms with Crippen LogP contribution < -0.4 is 0 Å². The molecule has 0 aliphatic carbocycles. The molecule has 0 saturated carbocycles. The van der Waals surface area contributed by atoms with E-state index in [-0.39, 0.29) is 22.9 Å². The smallest absolute Gasteiger partial charge is 0.381 e. The lowest BCUT2D eigenvalue weighted by molar-refractivity contribution is -0.0331. The summed E-state index contributed by atoms with van der Waals surface area (Å²) in [4.78, 5) is 0. The molecular weight excluding hydrogens is 293 g/mol. The fourth-order valence-electron chi connectivity index (χ4n) is 1.64. The predicted molar refractivity (Wildman–Crippen MR) is 59.4 cm³/mol. The fraction of sp³-hybridized carbons (Fsp3) is 1.00. The summed E-state index contributed by atoms with van der Waals surface area (Å²) in [6, 6.07) is 0. The van der Waals surface area contributed by atoms with E-state index in [1.54, 1.807) is 0 Å². The average Bonchev–Trinajstić information content (AvgIpc) is 2.17. The number of alkyl halides is 4. The van der Waals surface area contributed by atoms with Gasteiger partial charge >= 0.3 is 5.51 Å². The molecule has 6 heteroatoms. The Morgan fingerprint density at radius 2 is 1.87 bits per heavy atom. The molecule has 1 saturated heterocycles. The minimum absolute atomic E-state index is 0.0104. The van der Waals surface area contributed by atoms with E-state index in [0.29, 0.717) is 19.6 Å². The van der Waals surface area contributed by atoms with Crippen molar-refractivity contribution in [2.45, 2.75) is 24.8 Å². The van der Waals surface area contributed by atoms with Crippen LogP contribution >= 0.6 is 27.7 Å². The van der Waals surface area contributed by atoms with E-state index in [0.717, 1.165) is 18.2 Å². The molecule has 0 aromatic carbocycles. The summed E-state index contributed by atoms with van der Waals surface area (Å²) in [6.07, 6.45) is 2.32. The second-order valence-corrected chi connectivity index (χ2v) is 5.51. The highest BCUT2D eigenvalue weighted by atomic mass is 79.9. The summed E-state index contributed by atoms with van der Waals surface area (Å²) in [5, 5.41) is 0.766. The second-order valence-electron chi connectivity index (χ2n) is 3.79. The standard InChI is InChI=1S/C9H14BrF3OS/c10-7-8(1-4-14-5-2-8)3-6-15-9(11,12)13/h1-7H2. The number of thioether (sulfide) groups is 1. The summed E-state index contributed by atoms with van der Waals surface area (Å²) in [7, 11) is 0. The maximum Gasteiger partial charge on any atom is 0.441 e. The first-order chi connectivity index (χ1) is 6.97. The zero-order valence-electron chi connectivity index (χ0n) is 8.28. The molecule has 15 heavy (non-hydrogen) atoms. The van der Waals surface area contributed by atoms with Gasteiger partial charge < -0.3 is 4.74 Å². The Morgan fingerprint density at radius 1 is 1.27 bits per heavy atom.